The highest BCUT2D eigenvalue weighted by molar-refractivity contribution is 6.30. The highest BCUT2D eigenvalue weighted by Gasteiger charge is 2.09. The third kappa shape index (κ3) is 4.45. The van der Waals surface area contributed by atoms with Crippen molar-refractivity contribution in [1.82, 2.24) is 5.32 Å². The predicted octanol–water partition coefficient (Wildman–Crippen LogP) is 4.23. The highest BCUT2D eigenvalue weighted by Crippen LogP contribution is 2.22. The minimum atomic E-state index is -0.199. The van der Waals surface area contributed by atoms with Crippen molar-refractivity contribution < 1.29 is 4.39 Å². The minimum absolute atomic E-state index is 0.199. The maximum absolute atomic E-state index is 14.2. The summed E-state index contributed by atoms with van der Waals surface area (Å²) in [4.78, 5) is 1.89. The first kappa shape index (κ1) is 15.8. The van der Waals surface area contributed by atoms with E-state index in [0.29, 0.717) is 23.8 Å². The van der Waals surface area contributed by atoms with E-state index in [1.165, 1.54) is 0 Å². The average Bonchev–Trinajstić information content (AvgIpc) is 2.45. The van der Waals surface area contributed by atoms with Crippen LogP contribution in [0, 0.1) is 5.82 Å². The molecule has 0 heterocycles. The van der Waals surface area contributed by atoms with Gasteiger partial charge in [-0.05, 0) is 41.9 Å². The Morgan fingerprint density at radius 2 is 1.95 bits per heavy atom. The lowest BCUT2D eigenvalue weighted by molar-refractivity contribution is 0.616. The number of anilines is 1. The summed E-state index contributed by atoms with van der Waals surface area (Å²) in [6.45, 7) is 4.21. The molecule has 4 heteroatoms. The molecule has 1 N–H and O–H groups in total. The monoisotopic (exact) mass is 306 g/mol. The lowest BCUT2D eigenvalue weighted by Gasteiger charge is -2.20. The fourth-order valence-corrected chi connectivity index (χ4v) is 2.45. The molecule has 0 aromatic heterocycles. The summed E-state index contributed by atoms with van der Waals surface area (Å²) >= 11 is 5.98. The SMILES string of the molecule is CCNCc1ccc(N(C)Cc2cccc(Cl)c2)c(F)c1. The zero-order chi connectivity index (χ0) is 15.2. The highest BCUT2D eigenvalue weighted by atomic mass is 35.5. The van der Waals surface area contributed by atoms with E-state index in [1.807, 2.05) is 55.3 Å². The van der Waals surface area contributed by atoms with Crippen LogP contribution in [0.1, 0.15) is 18.1 Å². The molecule has 0 unspecified atom stereocenters. The van der Waals surface area contributed by atoms with E-state index in [0.717, 1.165) is 17.7 Å². The molecule has 0 aliphatic carbocycles. The van der Waals surface area contributed by atoms with Crippen molar-refractivity contribution in [3.05, 3.63) is 64.4 Å². The Morgan fingerprint density at radius 3 is 2.62 bits per heavy atom. The van der Waals surface area contributed by atoms with E-state index >= 15 is 0 Å². The van der Waals surface area contributed by atoms with Crippen LogP contribution in [-0.2, 0) is 13.1 Å². The number of hydrogen-bond acceptors (Lipinski definition) is 2. The second kappa shape index (κ2) is 7.43. The molecule has 2 aromatic carbocycles. The van der Waals surface area contributed by atoms with E-state index in [1.54, 1.807) is 6.07 Å². The van der Waals surface area contributed by atoms with Crippen LogP contribution < -0.4 is 10.2 Å². The Hall–Kier alpha value is -1.58. The van der Waals surface area contributed by atoms with Crippen molar-refractivity contribution in [2.24, 2.45) is 0 Å². The van der Waals surface area contributed by atoms with Crippen LogP contribution in [-0.4, -0.2) is 13.6 Å². The van der Waals surface area contributed by atoms with Crippen molar-refractivity contribution in [2.75, 3.05) is 18.5 Å². The maximum atomic E-state index is 14.2. The molecule has 0 bridgehead atoms. The molecule has 0 atom stereocenters. The van der Waals surface area contributed by atoms with Crippen molar-refractivity contribution in [2.45, 2.75) is 20.0 Å². The van der Waals surface area contributed by atoms with Gasteiger partial charge in [-0.1, -0.05) is 36.7 Å². The topological polar surface area (TPSA) is 15.3 Å². The summed E-state index contributed by atoms with van der Waals surface area (Å²) in [7, 11) is 1.88. The van der Waals surface area contributed by atoms with Gasteiger partial charge < -0.3 is 10.2 Å². The van der Waals surface area contributed by atoms with Gasteiger partial charge >= 0.3 is 0 Å². The Kier molecular flexibility index (Phi) is 5.59. The van der Waals surface area contributed by atoms with Crippen LogP contribution in [0.25, 0.3) is 0 Å². The zero-order valence-corrected chi connectivity index (χ0v) is 13.1. The Morgan fingerprint density at radius 1 is 1.14 bits per heavy atom. The van der Waals surface area contributed by atoms with E-state index < -0.39 is 0 Å². The summed E-state index contributed by atoms with van der Waals surface area (Å²) in [5.41, 5.74) is 2.60. The molecule has 112 valence electrons. The lowest BCUT2D eigenvalue weighted by atomic mass is 10.1. The number of rotatable bonds is 6. The van der Waals surface area contributed by atoms with Crippen molar-refractivity contribution in [3.63, 3.8) is 0 Å². The number of benzene rings is 2. The third-order valence-corrected chi connectivity index (χ3v) is 3.55. The quantitative estimate of drug-likeness (QED) is 0.859. The first-order valence-electron chi connectivity index (χ1n) is 7.05. The summed E-state index contributed by atoms with van der Waals surface area (Å²) in [5, 5.41) is 3.89. The van der Waals surface area contributed by atoms with Gasteiger partial charge in [0.25, 0.3) is 0 Å². The Balaban J connectivity index is 2.10. The Bertz CT molecular complexity index is 601. The van der Waals surface area contributed by atoms with E-state index in [-0.39, 0.29) is 5.82 Å². The molecule has 0 aliphatic heterocycles. The molecule has 0 saturated heterocycles. The number of halogens is 2. The second-order valence-corrected chi connectivity index (χ2v) is 5.49. The molecule has 0 saturated carbocycles. The molecule has 21 heavy (non-hydrogen) atoms. The molecule has 2 aromatic rings. The van der Waals surface area contributed by atoms with Gasteiger partial charge in [-0.15, -0.1) is 0 Å². The van der Waals surface area contributed by atoms with Crippen LogP contribution >= 0.6 is 11.6 Å². The van der Waals surface area contributed by atoms with E-state index in [4.69, 9.17) is 11.6 Å². The molecular weight excluding hydrogens is 287 g/mol. The summed E-state index contributed by atoms with van der Waals surface area (Å²) in [6, 6.07) is 13.0. The molecule has 0 radical (unpaired) electrons. The smallest absolute Gasteiger partial charge is 0.146 e. The predicted molar refractivity (Wildman–Crippen MR) is 87.3 cm³/mol. The molecule has 0 fully saturated rings. The third-order valence-electron chi connectivity index (χ3n) is 3.31. The molecule has 2 nitrogen and oxygen atoms in total. The van der Waals surface area contributed by atoms with Crippen LogP contribution in [0.5, 0.6) is 0 Å². The van der Waals surface area contributed by atoms with Gasteiger partial charge in [-0.25, -0.2) is 4.39 Å². The molecule has 2 rings (SSSR count). The summed E-state index contributed by atoms with van der Waals surface area (Å²) in [6.07, 6.45) is 0. The maximum Gasteiger partial charge on any atom is 0.146 e. The van der Waals surface area contributed by atoms with Gasteiger partial charge in [-0.2, -0.15) is 0 Å². The molecule has 0 aliphatic rings. The lowest BCUT2D eigenvalue weighted by Crippen LogP contribution is -2.18. The normalized spacial score (nSPS) is 10.7. The minimum Gasteiger partial charge on any atom is -0.368 e. The fourth-order valence-electron chi connectivity index (χ4n) is 2.23. The van der Waals surface area contributed by atoms with Crippen LogP contribution in [0.3, 0.4) is 0 Å². The van der Waals surface area contributed by atoms with E-state index in [2.05, 4.69) is 5.32 Å². The number of hydrogen-bond donors (Lipinski definition) is 1. The largest absolute Gasteiger partial charge is 0.368 e. The summed E-state index contributed by atoms with van der Waals surface area (Å²) in [5.74, 6) is -0.199. The standard InChI is InChI=1S/C17H20ClFN2/c1-3-20-11-13-7-8-17(16(19)10-13)21(2)12-14-5-4-6-15(18)9-14/h4-10,20H,3,11-12H2,1-2H3. The first-order valence-corrected chi connectivity index (χ1v) is 7.42. The van der Waals surface area contributed by atoms with Crippen molar-refractivity contribution >= 4 is 17.3 Å². The van der Waals surface area contributed by atoms with E-state index in [9.17, 15) is 4.39 Å². The van der Waals surface area contributed by atoms with Gasteiger partial charge in [0.1, 0.15) is 5.82 Å². The van der Waals surface area contributed by atoms with Gasteiger partial charge in [-0.3, -0.25) is 0 Å². The van der Waals surface area contributed by atoms with Crippen molar-refractivity contribution in [1.29, 1.82) is 0 Å². The number of nitrogens with zero attached hydrogens (tertiary/aromatic N) is 1. The van der Waals surface area contributed by atoms with Crippen LogP contribution in [0.15, 0.2) is 42.5 Å². The Labute approximate surface area is 130 Å². The van der Waals surface area contributed by atoms with Gasteiger partial charge in [0.15, 0.2) is 0 Å². The summed E-state index contributed by atoms with van der Waals surface area (Å²) < 4.78 is 14.2. The second-order valence-electron chi connectivity index (χ2n) is 5.05. The zero-order valence-electron chi connectivity index (χ0n) is 12.4. The fraction of sp³-hybridized carbons (Fsp3) is 0.294. The first-order chi connectivity index (χ1) is 10.1. The molecular formula is C17H20ClFN2. The average molecular weight is 307 g/mol. The van der Waals surface area contributed by atoms with Gasteiger partial charge in [0, 0.05) is 25.2 Å². The van der Waals surface area contributed by atoms with Crippen LogP contribution in [0.2, 0.25) is 5.02 Å². The number of nitrogens with one attached hydrogen (secondary N) is 1. The molecule has 0 amide bonds. The molecule has 0 spiro atoms. The van der Waals surface area contributed by atoms with Crippen molar-refractivity contribution in [3.8, 4) is 0 Å². The van der Waals surface area contributed by atoms with Gasteiger partial charge in [0.2, 0.25) is 0 Å². The van der Waals surface area contributed by atoms with Crippen LogP contribution in [0.4, 0.5) is 10.1 Å². The van der Waals surface area contributed by atoms with Gasteiger partial charge in [0.05, 0.1) is 5.69 Å².